The summed E-state index contributed by atoms with van der Waals surface area (Å²) in [6.45, 7) is 11.5. The Morgan fingerprint density at radius 1 is 0.909 bits per heavy atom. The lowest BCUT2D eigenvalue weighted by molar-refractivity contribution is 0.0564. The zero-order chi connectivity index (χ0) is 31.1. The predicted molar refractivity (Wildman–Crippen MR) is 179 cm³/mol. The van der Waals surface area contributed by atoms with E-state index >= 15 is 0 Å². The first-order valence-corrected chi connectivity index (χ1v) is 16.7. The van der Waals surface area contributed by atoms with E-state index in [1.807, 2.05) is 36.4 Å². The van der Waals surface area contributed by atoms with E-state index < -0.39 is 0 Å². The monoisotopic (exact) mass is 591 g/mol. The number of allylic oxidation sites excluding steroid dienone is 1. The SMILES string of the molecule is C=CCC1CCCC(N2C(=O)c3ccccc3C2=O)CC1c1ccc(C(C)(C)CCCCCC)cc1OCc1ccccc1. The number of hydrogen-bond donors (Lipinski definition) is 0. The fraction of sp³-hybridized carbons (Fsp3) is 0.450. The minimum absolute atomic E-state index is 0.0315. The quantitative estimate of drug-likeness (QED) is 0.0860. The second kappa shape index (κ2) is 14.4. The highest BCUT2D eigenvalue weighted by Crippen LogP contribution is 2.46. The highest BCUT2D eigenvalue weighted by atomic mass is 16.5. The number of fused-ring (bicyclic) bond motifs is 1. The number of amides is 2. The van der Waals surface area contributed by atoms with Crippen molar-refractivity contribution in [3.8, 4) is 5.75 Å². The first-order chi connectivity index (χ1) is 21.3. The molecule has 0 aromatic heterocycles. The zero-order valence-electron chi connectivity index (χ0n) is 26.9. The van der Waals surface area contributed by atoms with Crippen molar-refractivity contribution in [1.29, 1.82) is 0 Å². The molecule has 1 fully saturated rings. The summed E-state index contributed by atoms with van der Waals surface area (Å²) in [5, 5.41) is 0. The number of nitrogens with zero attached hydrogens (tertiary/aromatic N) is 1. The highest BCUT2D eigenvalue weighted by molar-refractivity contribution is 6.21. The first-order valence-electron chi connectivity index (χ1n) is 16.7. The molecule has 0 N–H and O–H groups in total. The van der Waals surface area contributed by atoms with E-state index in [4.69, 9.17) is 4.74 Å². The summed E-state index contributed by atoms with van der Waals surface area (Å²) in [5.74, 6) is 1.11. The topological polar surface area (TPSA) is 46.6 Å². The molecule has 2 aliphatic rings. The highest BCUT2D eigenvalue weighted by Gasteiger charge is 2.42. The Morgan fingerprint density at radius 2 is 1.61 bits per heavy atom. The van der Waals surface area contributed by atoms with E-state index in [2.05, 4.69) is 57.7 Å². The third-order valence-electron chi connectivity index (χ3n) is 9.95. The molecule has 3 atom stereocenters. The van der Waals surface area contributed by atoms with Crippen LogP contribution in [0.2, 0.25) is 0 Å². The van der Waals surface area contributed by atoms with Crippen LogP contribution in [0, 0.1) is 5.92 Å². The van der Waals surface area contributed by atoms with Gasteiger partial charge >= 0.3 is 0 Å². The van der Waals surface area contributed by atoms with E-state index in [1.54, 1.807) is 17.0 Å². The van der Waals surface area contributed by atoms with Crippen LogP contribution in [0.3, 0.4) is 0 Å². The van der Waals surface area contributed by atoms with Gasteiger partial charge in [-0.2, -0.15) is 0 Å². The number of ether oxygens (including phenoxy) is 1. The molecule has 0 spiro atoms. The molecule has 4 heteroatoms. The first kappa shape index (κ1) is 31.8. The fourth-order valence-electron chi connectivity index (χ4n) is 7.33. The molecule has 0 radical (unpaired) electrons. The number of carbonyl (C=O) groups excluding carboxylic acids is 2. The third kappa shape index (κ3) is 7.01. The van der Waals surface area contributed by atoms with Crippen LogP contribution >= 0.6 is 0 Å². The maximum absolute atomic E-state index is 13.5. The van der Waals surface area contributed by atoms with Crippen LogP contribution in [0.15, 0.2) is 85.5 Å². The molecular weight excluding hydrogens is 542 g/mol. The molecule has 232 valence electrons. The van der Waals surface area contributed by atoms with Gasteiger partial charge in [-0.3, -0.25) is 14.5 Å². The van der Waals surface area contributed by atoms with Gasteiger partial charge in [-0.15, -0.1) is 6.58 Å². The maximum atomic E-state index is 13.5. The Labute approximate surface area is 264 Å². The molecule has 5 rings (SSSR count). The number of imide groups is 1. The molecule has 3 aromatic carbocycles. The van der Waals surface area contributed by atoms with Crippen LogP contribution < -0.4 is 4.74 Å². The van der Waals surface area contributed by atoms with Crippen LogP contribution in [0.5, 0.6) is 5.75 Å². The van der Waals surface area contributed by atoms with Crippen LogP contribution in [-0.4, -0.2) is 22.8 Å². The average molecular weight is 592 g/mol. The van der Waals surface area contributed by atoms with Gasteiger partial charge in [0.2, 0.25) is 0 Å². The number of unbranched alkanes of at least 4 members (excludes halogenated alkanes) is 3. The van der Waals surface area contributed by atoms with Crippen molar-refractivity contribution >= 4 is 11.8 Å². The van der Waals surface area contributed by atoms with Crippen LogP contribution in [0.4, 0.5) is 0 Å². The Morgan fingerprint density at radius 3 is 2.30 bits per heavy atom. The van der Waals surface area contributed by atoms with Gasteiger partial charge in [0.15, 0.2) is 0 Å². The molecule has 4 nitrogen and oxygen atoms in total. The normalized spacial score (nSPS) is 20.3. The number of hydrogen-bond acceptors (Lipinski definition) is 3. The second-order valence-corrected chi connectivity index (χ2v) is 13.5. The fourth-order valence-corrected chi connectivity index (χ4v) is 7.33. The summed E-state index contributed by atoms with van der Waals surface area (Å²) in [6.07, 6.45) is 12.6. The van der Waals surface area contributed by atoms with Crippen LogP contribution in [0.25, 0.3) is 0 Å². The third-order valence-corrected chi connectivity index (χ3v) is 9.95. The van der Waals surface area contributed by atoms with Gasteiger partial charge in [-0.1, -0.05) is 114 Å². The second-order valence-electron chi connectivity index (χ2n) is 13.5. The van der Waals surface area contributed by atoms with Gasteiger partial charge in [0.25, 0.3) is 11.8 Å². The molecule has 44 heavy (non-hydrogen) atoms. The van der Waals surface area contributed by atoms with Gasteiger partial charge < -0.3 is 4.74 Å². The Kier molecular flexibility index (Phi) is 10.4. The van der Waals surface area contributed by atoms with Gasteiger partial charge in [0, 0.05) is 6.04 Å². The molecule has 2 amide bonds. The summed E-state index contributed by atoms with van der Waals surface area (Å²) < 4.78 is 6.70. The Balaban J connectivity index is 1.49. The van der Waals surface area contributed by atoms with E-state index in [-0.39, 0.29) is 29.2 Å². The van der Waals surface area contributed by atoms with Gasteiger partial charge in [0.05, 0.1) is 11.1 Å². The molecule has 1 heterocycles. The van der Waals surface area contributed by atoms with E-state index in [1.165, 1.54) is 36.8 Å². The van der Waals surface area contributed by atoms with Crippen molar-refractivity contribution in [3.05, 3.63) is 113 Å². The molecule has 0 saturated heterocycles. The van der Waals surface area contributed by atoms with Crippen molar-refractivity contribution in [2.24, 2.45) is 5.92 Å². The summed E-state index contributed by atoms with van der Waals surface area (Å²) in [4.78, 5) is 28.6. The molecule has 1 saturated carbocycles. The smallest absolute Gasteiger partial charge is 0.261 e. The van der Waals surface area contributed by atoms with Crippen LogP contribution in [0.1, 0.15) is 128 Å². The zero-order valence-corrected chi connectivity index (χ0v) is 26.9. The lowest BCUT2D eigenvalue weighted by Gasteiger charge is -2.32. The molecule has 0 bridgehead atoms. The van der Waals surface area contributed by atoms with Crippen molar-refractivity contribution < 1.29 is 14.3 Å². The largest absolute Gasteiger partial charge is 0.489 e. The number of rotatable bonds is 13. The molecule has 3 unspecified atom stereocenters. The Bertz CT molecular complexity index is 1410. The van der Waals surface area contributed by atoms with Crippen molar-refractivity contribution in [3.63, 3.8) is 0 Å². The maximum Gasteiger partial charge on any atom is 0.261 e. The van der Waals surface area contributed by atoms with Gasteiger partial charge in [-0.05, 0) is 84.2 Å². The molecule has 3 aromatic rings. The van der Waals surface area contributed by atoms with Gasteiger partial charge in [-0.25, -0.2) is 0 Å². The number of carbonyl (C=O) groups is 2. The molecule has 1 aliphatic heterocycles. The summed E-state index contributed by atoms with van der Waals surface area (Å²) >= 11 is 0. The van der Waals surface area contributed by atoms with Crippen molar-refractivity contribution in [2.45, 2.75) is 109 Å². The van der Waals surface area contributed by atoms with E-state index in [0.29, 0.717) is 23.7 Å². The predicted octanol–water partition coefficient (Wildman–Crippen LogP) is 10.0. The minimum Gasteiger partial charge on any atom is -0.489 e. The summed E-state index contributed by atoms with van der Waals surface area (Å²) in [7, 11) is 0. The standard InChI is InChI=1S/C40H49NO3/c1-5-7-8-14-25-40(3,4)31-23-24-33(37(26-31)44-28-29-17-10-9-11-18-29)36-27-32(20-15-19-30(36)16-6-2)41-38(42)34-21-12-13-22-35(34)39(41)43/h6,9-13,17-18,21-24,26,30,32,36H,2,5,7-8,14-16,19-20,25,27-28H2,1,3-4H3. The van der Waals surface area contributed by atoms with E-state index in [0.717, 1.165) is 49.8 Å². The summed E-state index contributed by atoms with van der Waals surface area (Å²) in [5.41, 5.74) is 4.70. The van der Waals surface area contributed by atoms with Crippen molar-refractivity contribution in [1.82, 2.24) is 4.90 Å². The van der Waals surface area contributed by atoms with Gasteiger partial charge in [0.1, 0.15) is 12.4 Å². The lowest BCUT2D eigenvalue weighted by atomic mass is 9.76. The lowest BCUT2D eigenvalue weighted by Crippen LogP contribution is -2.40. The summed E-state index contributed by atoms with van der Waals surface area (Å²) in [6, 6.07) is 24.3. The van der Waals surface area contributed by atoms with E-state index in [9.17, 15) is 9.59 Å². The van der Waals surface area contributed by atoms with Crippen LogP contribution in [-0.2, 0) is 12.0 Å². The molecular formula is C40H49NO3. The average Bonchev–Trinajstić information content (AvgIpc) is 3.15. The number of benzene rings is 3. The minimum atomic E-state index is -0.155. The molecule has 1 aliphatic carbocycles. The Hall–Kier alpha value is -3.66. The van der Waals surface area contributed by atoms with Crippen molar-refractivity contribution in [2.75, 3.05) is 0 Å².